The molecule has 0 unspecified atom stereocenters. The standard InChI is InChI=1S/C5H8N2O2S/c1-10-3-2-9-5(8)4-7-6/h4H,2-3H2,1H3. The number of carbonyl (C=O) groups is 1. The van der Waals surface area contributed by atoms with E-state index in [1.807, 2.05) is 6.26 Å². The van der Waals surface area contributed by atoms with Crippen LogP contribution in [0.3, 0.4) is 0 Å². The van der Waals surface area contributed by atoms with E-state index in [4.69, 9.17) is 5.53 Å². The summed E-state index contributed by atoms with van der Waals surface area (Å²) < 4.78 is 4.55. The minimum atomic E-state index is -0.614. The Kier molecular flexibility index (Phi) is 5.82. The van der Waals surface area contributed by atoms with Gasteiger partial charge in [0.1, 0.15) is 6.61 Å². The zero-order valence-electron chi connectivity index (χ0n) is 5.61. The quantitative estimate of drug-likeness (QED) is 0.194. The lowest BCUT2D eigenvalue weighted by molar-refractivity contribution is -0.138. The SMILES string of the molecule is CSCCOC(=O)C=[N+]=[N-]. The lowest BCUT2D eigenvalue weighted by Crippen LogP contribution is -2.08. The Balaban J connectivity index is 3.31. The molecule has 0 aliphatic rings. The summed E-state index contributed by atoms with van der Waals surface area (Å²) in [7, 11) is 0. The molecule has 0 aliphatic heterocycles. The fourth-order valence-electron chi connectivity index (χ4n) is 0.310. The van der Waals surface area contributed by atoms with E-state index in [9.17, 15) is 4.79 Å². The first-order chi connectivity index (χ1) is 4.81. The van der Waals surface area contributed by atoms with Gasteiger partial charge in [-0.3, -0.25) is 0 Å². The molecule has 0 spiro atoms. The average molecular weight is 160 g/mol. The second kappa shape index (κ2) is 6.32. The van der Waals surface area contributed by atoms with Gasteiger partial charge >= 0.3 is 12.2 Å². The first kappa shape index (κ1) is 9.20. The Labute approximate surface area is 63.2 Å². The van der Waals surface area contributed by atoms with Gasteiger partial charge in [0, 0.05) is 5.75 Å². The Bertz CT molecular complexity index is 154. The molecule has 4 nitrogen and oxygen atoms in total. The Morgan fingerprint density at radius 1 is 1.90 bits per heavy atom. The maximum absolute atomic E-state index is 10.4. The molecular formula is C5H8N2O2S. The van der Waals surface area contributed by atoms with Crippen LogP contribution in [-0.4, -0.2) is 35.6 Å². The zero-order chi connectivity index (χ0) is 7.82. The molecule has 0 aromatic rings. The van der Waals surface area contributed by atoms with Crippen LogP contribution >= 0.6 is 11.8 Å². The number of hydrogen-bond acceptors (Lipinski definition) is 3. The molecule has 0 aromatic heterocycles. The second-order valence-corrected chi connectivity index (χ2v) is 2.39. The fraction of sp³-hybridized carbons (Fsp3) is 0.600. The van der Waals surface area contributed by atoms with Crippen LogP contribution in [0.4, 0.5) is 0 Å². The van der Waals surface area contributed by atoms with Crippen molar-refractivity contribution in [1.29, 1.82) is 0 Å². The molecule has 0 radical (unpaired) electrons. The number of nitrogens with zero attached hydrogens (tertiary/aromatic N) is 2. The molecular weight excluding hydrogens is 152 g/mol. The maximum atomic E-state index is 10.4. The van der Waals surface area contributed by atoms with Gasteiger partial charge in [0.25, 0.3) is 0 Å². The molecule has 0 atom stereocenters. The predicted octanol–water partition coefficient (Wildman–Crippen LogP) is 0.193. The highest BCUT2D eigenvalue weighted by Gasteiger charge is 2.00. The third kappa shape index (κ3) is 5.34. The summed E-state index contributed by atoms with van der Waals surface area (Å²) in [5.41, 5.74) is 7.86. The summed E-state index contributed by atoms with van der Waals surface area (Å²) >= 11 is 1.58. The highest BCUT2D eigenvalue weighted by atomic mass is 32.2. The van der Waals surface area contributed by atoms with E-state index in [0.717, 1.165) is 12.0 Å². The highest BCUT2D eigenvalue weighted by molar-refractivity contribution is 7.98. The van der Waals surface area contributed by atoms with Crippen LogP contribution in [0.1, 0.15) is 0 Å². The lowest BCUT2D eigenvalue weighted by Gasteiger charge is -1.94. The predicted molar refractivity (Wildman–Crippen MR) is 39.0 cm³/mol. The minimum absolute atomic E-state index is 0.353. The van der Waals surface area contributed by atoms with Crippen LogP contribution in [-0.2, 0) is 9.53 Å². The van der Waals surface area contributed by atoms with E-state index < -0.39 is 5.97 Å². The van der Waals surface area contributed by atoms with E-state index in [2.05, 4.69) is 9.53 Å². The van der Waals surface area contributed by atoms with Crippen LogP contribution in [0.25, 0.3) is 5.53 Å². The van der Waals surface area contributed by atoms with Crippen molar-refractivity contribution in [2.75, 3.05) is 18.6 Å². The van der Waals surface area contributed by atoms with Gasteiger partial charge in [0.15, 0.2) is 0 Å². The van der Waals surface area contributed by atoms with Crippen LogP contribution in [0, 0.1) is 0 Å². The largest absolute Gasteiger partial charge is 0.456 e. The van der Waals surface area contributed by atoms with Crippen LogP contribution in [0.5, 0.6) is 0 Å². The van der Waals surface area contributed by atoms with Crippen molar-refractivity contribution in [3.8, 4) is 0 Å². The molecule has 0 N–H and O–H groups in total. The molecule has 0 heterocycles. The molecule has 0 bridgehead atoms. The number of ether oxygens (including phenoxy) is 1. The number of thioether (sulfide) groups is 1. The normalized spacial score (nSPS) is 8.10. The third-order valence-corrected chi connectivity index (χ3v) is 1.27. The summed E-state index contributed by atoms with van der Waals surface area (Å²) in [4.78, 5) is 12.9. The van der Waals surface area contributed by atoms with Gasteiger partial charge in [-0.15, -0.1) is 0 Å². The Morgan fingerprint density at radius 2 is 2.60 bits per heavy atom. The summed E-state index contributed by atoms with van der Waals surface area (Å²) in [6.45, 7) is 0.353. The number of esters is 1. The molecule has 0 amide bonds. The van der Waals surface area contributed by atoms with Gasteiger partial charge < -0.3 is 10.3 Å². The summed E-state index contributed by atoms with van der Waals surface area (Å²) in [6.07, 6.45) is 2.63. The third-order valence-electron chi connectivity index (χ3n) is 0.695. The smallest absolute Gasteiger partial charge is 0.413 e. The molecule has 0 saturated heterocycles. The molecule has 0 fully saturated rings. The first-order valence-electron chi connectivity index (χ1n) is 2.64. The fourth-order valence-corrected chi connectivity index (χ4v) is 0.560. The monoisotopic (exact) mass is 160 g/mol. The molecule has 5 heteroatoms. The number of rotatable bonds is 4. The van der Waals surface area contributed by atoms with Crippen molar-refractivity contribution >= 4 is 23.9 Å². The Hall–Kier alpha value is -0.800. The van der Waals surface area contributed by atoms with Crippen LogP contribution in [0.2, 0.25) is 0 Å². The van der Waals surface area contributed by atoms with E-state index >= 15 is 0 Å². The second-order valence-electron chi connectivity index (χ2n) is 1.40. The molecule has 0 saturated carbocycles. The van der Waals surface area contributed by atoms with Gasteiger partial charge in [-0.25, -0.2) is 4.79 Å². The zero-order valence-corrected chi connectivity index (χ0v) is 6.43. The molecule has 0 aromatic carbocycles. The number of carbonyl (C=O) groups excluding carboxylic acids is 1. The van der Waals surface area contributed by atoms with E-state index in [-0.39, 0.29) is 0 Å². The van der Waals surface area contributed by atoms with Crippen molar-refractivity contribution in [2.24, 2.45) is 0 Å². The molecule has 0 rings (SSSR count). The van der Waals surface area contributed by atoms with Crippen molar-refractivity contribution in [3.05, 3.63) is 5.53 Å². The molecule has 0 aliphatic carbocycles. The first-order valence-corrected chi connectivity index (χ1v) is 4.03. The lowest BCUT2D eigenvalue weighted by atomic mass is 10.7. The van der Waals surface area contributed by atoms with Gasteiger partial charge in [-0.1, -0.05) is 0 Å². The summed E-state index contributed by atoms with van der Waals surface area (Å²) in [5, 5.41) is 0. The average Bonchev–Trinajstić information content (AvgIpc) is 1.89. The Morgan fingerprint density at radius 3 is 3.10 bits per heavy atom. The van der Waals surface area contributed by atoms with Gasteiger partial charge in [0.2, 0.25) is 0 Å². The van der Waals surface area contributed by atoms with Crippen molar-refractivity contribution < 1.29 is 14.3 Å². The maximum Gasteiger partial charge on any atom is 0.413 e. The summed E-state index contributed by atoms with van der Waals surface area (Å²) in [6, 6.07) is 0. The van der Waals surface area contributed by atoms with Crippen molar-refractivity contribution in [2.45, 2.75) is 0 Å². The highest BCUT2D eigenvalue weighted by Crippen LogP contribution is 1.89. The van der Waals surface area contributed by atoms with Crippen molar-refractivity contribution in [1.82, 2.24) is 0 Å². The van der Waals surface area contributed by atoms with Crippen molar-refractivity contribution in [3.63, 3.8) is 0 Å². The van der Waals surface area contributed by atoms with Gasteiger partial charge in [-0.05, 0) is 6.26 Å². The van der Waals surface area contributed by atoms with E-state index in [0.29, 0.717) is 6.61 Å². The van der Waals surface area contributed by atoms with Gasteiger partial charge in [-0.2, -0.15) is 16.6 Å². The minimum Gasteiger partial charge on any atom is -0.456 e. The molecule has 10 heavy (non-hydrogen) atoms. The topological polar surface area (TPSA) is 62.7 Å². The number of hydrogen-bond donors (Lipinski definition) is 0. The summed E-state index contributed by atoms with van der Waals surface area (Å²) in [5.74, 6) is 0.141. The van der Waals surface area contributed by atoms with E-state index in [1.54, 1.807) is 11.8 Å². The van der Waals surface area contributed by atoms with Gasteiger partial charge in [0.05, 0.1) is 0 Å². The molecule has 56 valence electrons. The van der Waals surface area contributed by atoms with Crippen LogP contribution < -0.4 is 0 Å². The van der Waals surface area contributed by atoms with E-state index in [1.165, 1.54) is 0 Å². The van der Waals surface area contributed by atoms with Crippen LogP contribution in [0.15, 0.2) is 0 Å².